The van der Waals surface area contributed by atoms with Crippen molar-refractivity contribution in [2.45, 2.75) is 65.5 Å². The van der Waals surface area contributed by atoms with Crippen molar-refractivity contribution in [1.29, 1.82) is 0 Å². The number of hydrogen-bond donors (Lipinski definition) is 3. The van der Waals surface area contributed by atoms with Gasteiger partial charge >= 0.3 is 0 Å². The molecule has 1 fully saturated rings. The summed E-state index contributed by atoms with van der Waals surface area (Å²) in [5, 5.41) is 9.54. The second kappa shape index (κ2) is 15.1. The van der Waals surface area contributed by atoms with Crippen LogP contribution in [0.1, 0.15) is 59.9 Å². The van der Waals surface area contributed by atoms with Crippen molar-refractivity contribution >= 4 is 33.5 Å². The molecule has 0 radical (unpaired) electrons. The number of anilines is 1. The molecule has 0 spiro atoms. The summed E-state index contributed by atoms with van der Waals surface area (Å²) in [4.78, 5) is 40.6. The summed E-state index contributed by atoms with van der Waals surface area (Å²) in [5.74, 6) is -1.17. The summed E-state index contributed by atoms with van der Waals surface area (Å²) in [6, 6.07) is 19.8. The number of nitrogens with zero attached hydrogens (tertiary/aromatic N) is 3. The SMILES string of the molecule is Cc1cccc(OCCCC(=O)N2CCCc3c(-c4cnn(Cc5cccc(CNC(=O)C6(C(=O)NCS(=O)(=O)O)CC6)c5)c4)cccc32)c1C. The molecule has 0 bridgehead atoms. The van der Waals surface area contributed by atoms with E-state index >= 15 is 0 Å². The number of fused-ring (bicyclic) bond motifs is 1. The molecule has 13 heteroatoms. The average molecular weight is 714 g/mol. The largest absolute Gasteiger partial charge is 0.493 e. The summed E-state index contributed by atoms with van der Waals surface area (Å²) in [6.07, 6.45) is 7.24. The molecule has 51 heavy (non-hydrogen) atoms. The Balaban J connectivity index is 1.05. The number of nitrogens with one attached hydrogen (secondary N) is 2. The highest BCUT2D eigenvalue weighted by atomic mass is 32.2. The van der Waals surface area contributed by atoms with Gasteiger partial charge in [0.1, 0.15) is 17.0 Å². The van der Waals surface area contributed by atoms with Crippen molar-refractivity contribution in [2.24, 2.45) is 5.41 Å². The third kappa shape index (κ3) is 8.49. The molecule has 1 aliphatic heterocycles. The fraction of sp³-hybridized carbons (Fsp3) is 0.368. The maximum atomic E-state index is 13.4. The highest BCUT2D eigenvalue weighted by molar-refractivity contribution is 7.85. The number of carbonyl (C=O) groups is 3. The Labute approximate surface area is 297 Å². The van der Waals surface area contributed by atoms with E-state index in [-0.39, 0.29) is 12.5 Å². The Morgan fingerprint density at radius 2 is 1.73 bits per heavy atom. The minimum Gasteiger partial charge on any atom is -0.493 e. The lowest BCUT2D eigenvalue weighted by Gasteiger charge is -2.31. The molecular weight excluding hydrogens is 671 g/mol. The summed E-state index contributed by atoms with van der Waals surface area (Å²) in [7, 11) is -4.39. The first-order chi connectivity index (χ1) is 24.4. The van der Waals surface area contributed by atoms with E-state index < -0.39 is 33.2 Å². The summed E-state index contributed by atoms with van der Waals surface area (Å²) >= 11 is 0. The Hall–Kier alpha value is -5.01. The van der Waals surface area contributed by atoms with E-state index in [2.05, 4.69) is 34.8 Å². The second-order valence-corrected chi connectivity index (χ2v) is 14.8. The first-order valence-corrected chi connectivity index (χ1v) is 18.8. The summed E-state index contributed by atoms with van der Waals surface area (Å²) in [5.41, 5.74) is 6.90. The van der Waals surface area contributed by atoms with E-state index in [9.17, 15) is 22.8 Å². The van der Waals surface area contributed by atoms with E-state index in [1.54, 1.807) is 0 Å². The molecule has 12 nitrogen and oxygen atoms in total. The third-order valence-electron chi connectivity index (χ3n) is 9.67. The van der Waals surface area contributed by atoms with Gasteiger partial charge in [-0.3, -0.25) is 23.6 Å². The average Bonchev–Trinajstić information content (AvgIpc) is 3.81. The molecule has 0 saturated heterocycles. The highest BCUT2D eigenvalue weighted by Gasteiger charge is 2.56. The van der Waals surface area contributed by atoms with Crippen molar-refractivity contribution < 1.29 is 32.1 Å². The molecule has 3 aromatic carbocycles. The number of aromatic nitrogens is 2. The van der Waals surface area contributed by atoms with E-state index in [0.717, 1.165) is 57.7 Å². The minimum absolute atomic E-state index is 0.0946. The van der Waals surface area contributed by atoms with Gasteiger partial charge in [-0.2, -0.15) is 13.5 Å². The van der Waals surface area contributed by atoms with Crippen molar-refractivity contribution in [3.63, 3.8) is 0 Å². The first-order valence-electron chi connectivity index (χ1n) is 17.2. The molecule has 268 valence electrons. The van der Waals surface area contributed by atoms with Gasteiger partial charge in [-0.1, -0.05) is 48.5 Å². The van der Waals surface area contributed by atoms with Gasteiger partial charge in [0.05, 0.1) is 19.3 Å². The van der Waals surface area contributed by atoms with Gasteiger partial charge in [-0.15, -0.1) is 0 Å². The van der Waals surface area contributed by atoms with Crippen LogP contribution in [0.15, 0.2) is 73.1 Å². The van der Waals surface area contributed by atoms with Gasteiger partial charge < -0.3 is 20.3 Å². The van der Waals surface area contributed by atoms with Gasteiger partial charge in [0, 0.05) is 37.0 Å². The van der Waals surface area contributed by atoms with Crippen LogP contribution in [0.2, 0.25) is 0 Å². The predicted octanol–water partition coefficient (Wildman–Crippen LogP) is 4.71. The molecule has 3 N–H and O–H groups in total. The Morgan fingerprint density at radius 3 is 2.51 bits per heavy atom. The number of hydrogen-bond acceptors (Lipinski definition) is 7. The Kier molecular flexibility index (Phi) is 10.6. The van der Waals surface area contributed by atoms with Crippen LogP contribution in [-0.4, -0.2) is 59.5 Å². The molecule has 6 rings (SSSR count). The zero-order chi connectivity index (χ0) is 36.2. The van der Waals surface area contributed by atoms with Crippen LogP contribution in [0.5, 0.6) is 5.75 Å². The molecule has 3 amide bonds. The van der Waals surface area contributed by atoms with Crippen molar-refractivity contribution in [1.82, 2.24) is 20.4 Å². The molecular formula is C38H43N5O7S. The molecule has 1 aliphatic carbocycles. The van der Waals surface area contributed by atoms with Crippen molar-refractivity contribution in [2.75, 3.05) is 23.9 Å². The number of ether oxygens (including phenoxy) is 1. The van der Waals surface area contributed by atoms with Crippen molar-refractivity contribution in [3.05, 3.63) is 101 Å². The smallest absolute Gasteiger partial charge is 0.283 e. The Bertz CT molecular complexity index is 2050. The van der Waals surface area contributed by atoms with Crippen LogP contribution in [0.25, 0.3) is 11.1 Å². The van der Waals surface area contributed by atoms with E-state index in [0.29, 0.717) is 45.4 Å². The van der Waals surface area contributed by atoms with Crippen LogP contribution in [-0.2, 0) is 44.0 Å². The van der Waals surface area contributed by atoms with Crippen LogP contribution < -0.4 is 20.3 Å². The lowest BCUT2D eigenvalue weighted by molar-refractivity contribution is -0.137. The van der Waals surface area contributed by atoms with Crippen LogP contribution in [0.4, 0.5) is 5.69 Å². The van der Waals surface area contributed by atoms with Gasteiger partial charge in [0.2, 0.25) is 17.7 Å². The molecule has 1 aromatic heterocycles. The molecule has 4 aromatic rings. The predicted molar refractivity (Wildman–Crippen MR) is 193 cm³/mol. The molecule has 2 heterocycles. The van der Waals surface area contributed by atoms with E-state index in [1.165, 1.54) is 5.56 Å². The Morgan fingerprint density at radius 1 is 0.980 bits per heavy atom. The lowest BCUT2D eigenvalue weighted by atomic mass is 9.93. The number of aryl methyl sites for hydroxylation is 1. The quantitative estimate of drug-likeness (QED) is 0.0963. The lowest BCUT2D eigenvalue weighted by Crippen LogP contribution is -2.44. The fourth-order valence-electron chi connectivity index (χ4n) is 6.55. The second-order valence-electron chi connectivity index (χ2n) is 13.3. The van der Waals surface area contributed by atoms with Gasteiger partial charge in [0.15, 0.2) is 0 Å². The molecule has 0 unspecified atom stereocenters. The summed E-state index contributed by atoms with van der Waals surface area (Å²) in [6.45, 7) is 5.95. The monoisotopic (exact) mass is 713 g/mol. The van der Waals surface area contributed by atoms with Gasteiger partial charge in [-0.25, -0.2) is 0 Å². The van der Waals surface area contributed by atoms with Crippen LogP contribution >= 0.6 is 0 Å². The molecule has 1 saturated carbocycles. The number of rotatable bonds is 14. The van der Waals surface area contributed by atoms with E-state index in [1.807, 2.05) is 77.4 Å². The normalized spacial score (nSPS) is 14.8. The fourth-order valence-corrected chi connectivity index (χ4v) is 6.86. The maximum absolute atomic E-state index is 13.4. The van der Waals surface area contributed by atoms with Crippen LogP contribution in [0, 0.1) is 19.3 Å². The van der Waals surface area contributed by atoms with Crippen LogP contribution in [0.3, 0.4) is 0 Å². The van der Waals surface area contributed by atoms with E-state index in [4.69, 9.17) is 9.29 Å². The maximum Gasteiger partial charge on any atom is 0.283 e. The van der Waals surface area contributed by atoms with Gasteiger partial charge in [0.25, 0.3) is 10.1 Å². The molecule has 0 atom stereocenters. The zero-order valence-corrected chi connectivity index (χ0v) is 29.7. The topological polar surface area (TPSA) is 160 Å². The number of amides is 3. The summed E-state index contributed by atoms with van der Waals surface area (Å²) < 4.78 is 38.7. The first kappa shape index (κ1) is 35.8. The zero-order valence-electron chi connectivity index (χ0n) is 28.9. The van der Waals surface area contributed by atoms with Crippen molar-refractivity contribution in [3.8, 4) is 16.9 Å². The minimum atomic E-state index is -4.39. The third-order valence-corrected chi connectivity index (χ3v) is 10.2. The number of carbonyl (C=O) groups excluding carboxylic acids is 3. The highest BCUT2D eigenvalue weighted by Crippen LogP contribution is 2.46. The molecule has 2 aliphatic rings. The standard InChI is InChI=1S/C38H43N5O7S/c1-26-8-3-14-34(27(26)2)50-19-7-15-35(44)43-18-6-12-32-31(11-5-13-33(32)43)30-22-41-42(24-30)23-29-10-4-9-28(20-29)21-39-36(45)38(16-17-38)37(46)40-25-51(47,48)49/h3-5,8-11,13-14,20,22,24H,6-7,12,15-19,21,23,25H2,1-2H3,(H,39,45)(H,40,46)(H,47,48,49). The van der Waals surface area contributed by atoms with Gasteiger partial charge in [-0.05, 0) is 91.5 Å². The number of benzene rings is 3.